The molecule has 0 aliphatic heterocycles. The topological polar surface area (TPSA) is 65.1 Å². The van der Waals surface area contributed by atoms with Gasteiger partial charge in [0.25, 0.3) is 0 Å². The van der Waals surface area contributed by atoms with E-state index in [1.807, 2.05) is 26.2 Å². The Kier molecular flexibility index (Phi) is 5.11. The minimum atomic E-state index is -0.263. The Hall–Kier alpha value is -0.910. The summed E-state index contributed by atoms with van der Waals surface area (Å²) in [4.78, 5) is 0. The number of ether oxygens (including phenoxy) is 1. The molecule has 0 radical (unpaired) electrons. The molecule has 98 valence electrons. The maximum atomic E-state index is 5.83. The molecule has 3 N–H and O–H groups in total. The van der Waals surface area contributed by atoms with Gasteiger partial charge in [0, 0.05) is 26.3 Å². The van der Waals surface area contributed by atoms with E-state index in [2.05, 4.69) is 24.4 Å². The summed E-state index contributed by atoms with van der Waals surface area (Å²) < 4.78 is 7.63. The summed E-state index contributed by atoms with van der Waals surface area (Å²) >= 11 is 0. The summed E-state index contributed by atoms with van der Waals surface area (Å²) in [5.41, 5.74) is 3.62. The minimum Gasteiger partial charge on any atom is -0.374 e. The van der Waals surface area contributed by atoms with Gasteiger partial charge in [-0.25, -0.2) is 0 Å². The first-order valence-electron chi connectivity index (χ1n) is 6.14. The maximum absolute atomic E-state index is 5.83. The zero-order chi connectivity index (χ0) is 12.9. The van der Waals surface area contributed by atoms with Gasteiger partial charge in [0.2, 0.25) is 0 Å². The van der Waals surface area contributed by atoms with Gasteiger partial charge in [-0.2, -0.15) is 5.10 Å². The minimum absolute atomic E-state index is 0.0577. The van der Waals surface area contributed by atoms with Crippen LogP contribution < -0.4 is 11.3 Å². The Morgan fingerprint density at radius 3 is 2.71 bits per heavy atom. The molecule has 17 heavy (non-hydrogen) atoms. The van der Waals surface area contributed by atoms with Crippen molar-refractivity contribution < 1.29 is 4.74 Å². The van der Waals surface area contributed by atoms with Crippen LogP contribution in [0.25, 0.3) is 0 Å². The molecule has 5 heteroatoms. The van der Waals surface area contributed by atoms with Crippen LogP contribution in [0.3, 0.4) is 0 Å². The molecule has 2 unspecified atom stereocenters. The van der Waals surface area contributed by atoms with E-state index >= 15 is 0 Å². The second-order valence-corrected chi connectivity index (χ2v) is 4.50. The van der Waals surface area contributed by atoms with Gasteiger partial charge in [-0.1, -0.05) is 6.92 Å². The number of nitrogens with zero attached hydrogens (tertiary/aromatic N) is 2. The quantitative estimate of drug-likeness (QED) is 0.551. The number of nitrogens with one attached hydrogen (secondary N) is 1. The molecule has 1 rings (SSSR count). The van der Waals surface area contributed by atoms with E-state index in [1.54, 1.807) is 4.68 Å². The molecule has 0 bridgehead atoms. The van der Waals surface area contributed by atoms with E-state index in [0.717, 1.165) is 18.5 Å². The highest BCUT2D eigenvalue weighted by atomic mass is 16.5. The first kappa shape index (κ1) is 14.2. The van der Waals surface area contributed by atoms with Crippen molar-refractivity contribution >= 4 is 0 Å². The largest absolute Gasteiger partial charge is 0.374 e. The second-order valence-electron chi connectivity index (χ2n) is 4.50. The third-order valence-electron chi connectivity index (χ3n) is 3.30. The summed E-state index contributed by atoms with van der Waals surface area (Å²) in [5, 5.41) is 4.37. The third kappa shape index (κ3) is 3.52. The van der Waals surface area contributed by atoms with Crippen molar-refractivity contribution in [2.75, 3.05) is 6.61 Å². The monoisotopic (exact) mass is 240 g/mol. The van der Waals surface area contributed by atoms with Crippen molar-refractivity contribution in [3.05, 3.63) is 18.0 Å². The smallest absolute Gasteiger partial charge is 0.0821 e. The molecule has 0 saturated carbocycles. The average molecular weight is 240 g/mol. The van der Waals surface area contributed by atoms with Crippen LogP contribution in [-0.2, 0) is 18.2 Å². The third-order valence-corrected chi connectivity index (χ3v) is 3.30. The van der Waals surface area contributed by atoms with Crippen LogP contribution in [0.4, 0.5) is 0 Å². The van der Waals surface area contributed by atoms with Gasteiger partial charge < -0.3 is 4.74 Å². The molecule has 1 aromatic rings. The Morgan fingerprint density at radius 2 is 2.29 bits per heavy atom. The lowest BCUT2D eigenvalue weighted by Crippen LogP contribution is -2.54. The lowest BCUT2D eigenvalue weighted by Gasteiger charge is -2.36. The SMILES string of the molecule is CCOC(C)(CC)C(Cc1ccn(C)n1)NN. The summed E-state index contributed by atoms with van der Waals surface area (Å²) in [7, 11) is 1.91. The first-order valence-corrected chi connectivity index (χ1v) is 6.14. The van der Waals surface area contributed by atoms with Crippen molar-refractivity contribution in [1.82, 2.24) is 15.2 Å². The molecule has 0 fully saturated rings. The van der Waals surface area contributed by atoms with Gasteiger partial charge in [-0.05, 0) is 26.3 Å². The van der Waals surface area contributed by atoms with Gasteiger partial charge in [-0.15, -0.1) is 0 Å². The van der Waals surface area contributed by atoms with Crippen molar-refractivity contribution in [2.45, 2.75) is 45.3 Å². The van der Waals surface area contributed by atoms with Crippen LogP contribution in [0, 0.1) is 0 Å². The Balaban J connectivity index is 2.75. The van der Waals surface area contributed by atoms with Gasteiger partial charge in [0.15, 0.2) is 0 Å². The average Bonchev–Trinajstić information content (AvgIpc) is 2.72. The number of nitrogens with two attached hydrogens (primary N) is 1. The fraction of sp³-hybridized carbons (Fsp3) is 0.750. The molecule has 0 spiro atoms. The number of hydrazine groups is 1. The van der Waals surface area contributed by atoms with Crippen molar-refractivity contribution in [2.24, 2.45) is 12.9 Å². The summed E-state index contributed by atoms with van der Waals surface area (Å²) in [6.07, 6.45) is 3.61. The predicted molar refractivity (Wildman–Crippen MR) is 68.3 cm³/mol. The lowest BCUT2D eigenvalue weighted by molar-refractivity contribution is -0.0553. The highest BCUT2D eigenvalue weighted by Gasteiger charge is 2.33. The molecule has 0 aromatic carbocycles. The van der Waals surface area contributed by atoms with Crippen LogP contribution in [-0.4, -0.2) is 28.0 Å². The highest BCUT2D eigenvalue weighted by molar-refractivity contribution is 5.04. The molecule has 0 aliphatic rings. The Morgan fingerprint density at radius 1 is 1.59 bits per heavy atom. The molecule has 1 aromatic heterocycles. The number of rotatable bonds is 7. The van der Waals surface area contributed by atoms with Gasteiger partial charge in [0.05, 0.1) is 17.3 Å². The molecule has 5 nitrogen and oxygen atoms in total. The van der Waals surface area contributed by atoms with Crippen LogP contribution in [0.1, 0.15) is 32.9 Å². The van der Waals surface area contributed by atoms with Gasteiger partial charge in [0.1, 0.15) is 0 Å². The maximum Gasteiger partial charge on any atom is 0.0821 e. The fourth-order valence-corrected chi connectivity index (χ4v) is 2.01. The zero-order valence-corrected chi connectivity index (χ0v) is 11.2. The van der Waals surface area contributed by atoms with E-state index < -0.39 is 0 Å². The predicted octanol–water partition coefficient (Wildman–Crippen LogP) is 1.000. The molecule has 0 aliphatic carbocycles. The van der Waals surface area contributed by atoms with E-state index in [1.165, 1.54) is 0 Å². The summed E-state index contributed by atoms with van der Waals surface area (Å²) in [6, 6.07) is 2.06. The van der Waals surface area contributed by atoms with Gasteiger partial charge >= 0.3 is 0 Å². The molecule has 1 heterocycles. The zero-order valence-electron chi connectivity index (χ0n) is 11.2. The van der Waals surface area contributed by atoms with E-state index in [-0.39, 0.29) is 11.6 Å². The Bertz CT molecular complexity index is 339. The van der Waals surface area contributed by atoms with E-state index in [9.17, 15) is 0 Å². The van der Waals surface area contributed by atoms with Crippen LogP contribution in [0.2, 0.25) is 0 Å². The Labute approximate surface area is 103 Å². The number of aryl methyl sites for hydroxylation is 1. The van der Waals surface area contributed by atoms with Crippen LogP contribution >= 0.6 is 0 Å². The molecular weight excluding hydrogens is 216 g/mol. The van der Waals surface area contributed by atoms with E-state index in [4.69, 9.17) is 10.6 Å². The van der Waals surface area contributed by atoms with E-state index in [0.29, 0.717) is 6.61 Å². The summed E-state index contributed by atoms with van der Waals surface area (Å²) in [5.74, 6) is 5.65. The lowest BCUT2D eigenvalue weighted by atomic mass is 9.90. The highest BCUT2D eigenvalue weighted by Crippen LogP contribution is 2.22. The number of aromatic nitrogens is 2. The summed E-state index contributed by atoms with van der Waals surface area (Å²) in [6.45, 7) is 6.88. The standard InChI is InChI=1S/C12H24N4O/c1-5-12(3,17-6-2)11(14-13)9-10-7-8-16(4)15-10/h7-8,11,14H,5-6,9,13H2,1-4H3. The van der Waals surface area contributed by atoms with Crippen LogP contribution in [0.5, 0.6) is 0 Å². The number of hydrogen-bond donors (Lipinski definition) is 2. The van der Waals surface area contributed by atoms with Crippen molar-refractivity contribution in [1.29, 1.82) is 0 Å². The van der Waals surface area contributed by atoms with Crippen molar-refractivity contribution in [3.63, 3.8) is 0 Å². The van der Waals surface area contributed by atoms with Gasteiger partial charge in [-0.3, -0.25) is 16.0 Å². The van der Waals surface area contributed by atoms with Crippen molar-refractivity contribution in [3.8, 4) is 0 Å². The molecule has 2 atom stereocenters. The van der Waals surface area contributed by atoms with Crippen LogP contribution in [0.15, 0.2) is 12.3 Å². The normalized spacial score (nSPS) is 16.8. The fourth-order valence-electron chi connectivity index (χ4n) is 2.01. The molecule has 0 saturated heterocycles. The molecular formula is C12H24N4O. The first-order chi connectivity index (χ1) is 8.05. The molecule has 0 amide bonds. The second kappa shape index (κ2) is 6.14. The number of hydrogen-bond acceptors (Lipinski definition) is 4.